The normalized spacial score (nSPS) is 15.0. The zero-order chi connectivity index (χ0) is 23.1. The molecule has 0 spiro atoms. The first-order valence-electron chi connectivity index (χ1n) is 11.2. The van der Waals surface area contributed by atoms with Gasteiger partial charge in [0.15, 0.2) is 0 Å². The number of nitrogens with zero attached hydrogens (tertiary/aromatic N) is 5. The summed E-state index contributed by atoms with van der Waals surface area (Å²) in [5, 5.41) is 5.33. The largest absolute Gasteiger partial charge is 0.497 e. The number of hydrogen-bond acceptors (Lipinski definition) is 5. The van der Waals surface area contributed by atoms with Crippen molar-refractivity contribution in [1.29, 1.82) is 0 Å². The molecule has 0 bridgehead atoms. The van der Waals surface area contributed by atoms with Gasteiger partial charge in [0.25, 0.3) is 5.56 Å². The van der Waals surface area contributed by atoms with E-state index >= 15 is 0 Å². The van der Waals surface area contributed by atoms with Gasteiger partial charge in [-0.2, -0.15) is 9.78 Å². The number of benzene rings is 2. The van der Waals surface area contributed by atoms with Gasteiger partial charge in [-0.3, -0.25) is 14.3 Å². The van der Waals surface area contributed by atoms with Gasteiger partial charge < -0.3 is 9.64 Å². The van der Waals surface area contributed by atoms with Gasteiger partial charge in [-0.15, -0.1) is 0 Å². The van der Waals surface area contributed by atoms with Gasteiger partial charge in [-0.1, -0.05) is 18.2 Å². The number of aromatic nitrogens is 3. The van der Waals surface area contributed by atoms with Gasteiger partial charge in [0.1, 0.15) is 11.4 Å². The van der Waals surface area contributed by atoms with Crippen molar-refractivity contribution in [2.75, 3.05) is 33.3 Å². The number of rotatable bonds is 3. The molecule has 0 aliphatic carbocycles. The van der Waals surface area contributed by atoms with E-state index in [1.54, 1.807) is 17.9 Å². The first-order valence-corrected chi connectivity index (χ1v) is 11.2. The lowest BCUT2D eigenvalue weighted by atomic mass is 10.1. The number of carbonyl (C=O) groups excluding carboxylic acids is 1. The van der Waals surface area contributed by atoms with Crippen molar-refractivity contribution in [3.05, 3.63) is 65.1 Å². The summed E-state index contributed by atoms with van der Waals surface area (Å²) in [7, 11) is 1.59. The predicted octanol–water partition coefficient (Wildman–Crippen LogP) is 3.29. The van der Waals surface area contributed by atoms with Crippen molar-refractivity contribution in [3.63, 3.8) is 0 Å². The number of methoxy groups -OCH3 is 1. The van der Waals surface area contributed by atoms with Crippen LogP contribution in [0.1, 0.15) is 13.8 Å². The summed E-state index contributed by atoms with van der Waals surface area (Å²) in [5.74, 6) is 0.640. The average Bonchev–Trinajstić information content (AvgIpc) is 3.19. The Balaban J connectivity index is 1.66. The minimum absolute atomic E-state index is 0.137. The Kier molecular flexibility index (Phi) is 5.38. The average molecular weight is 446 g/mol. The monoisotopic (exact) mass is 445 g/mol. The highest BCUT2D eigenvalue weighted by Crippen LogP contribution is 2.31. The van der Waals surface area contributed by atoms with E-state index in [1.165, 1.54) is 4.68 Å². The Hall–Kier alpha value is -3.65. The SMILES string of the molecule is COc1ccc2c(c1)c1nn(-c3ccccc3)c(=O)c-1cn2C(=O)N1CCN(C(C)C)CC1. The van der Waals surface area contributed by atoms with Gasteiger partial charge in [-0.05, 0) is 44.2 Å². The standard InChI is InChI=1S/C25H27N5O3/c1-17(2)27-11-13-28(14-12-27)25(32)29-16-21-23(20-15-19(33-3)9-10-22(20)29)26-30(24(21)31)18-7-5-4-6-8-18/h4-10,15-17H,11-14H2,1-3H3. The number of hydrogen-bond donors (Lipinski definition) is 0. The summed E-state index contributed by atoms with van der Waals surface area (Å²) < 4.78 is 8.39. The Labute approximate surface area is 191 Å². The van der Waals surface area contributed by atoms with Crippen molar-refractivity contribution in [1.82, 2.24) is 24.1 Å². The molecule has 0 radical (unpaired) electrons. The third-order valence-corrected chi connectivity index (χ3v) is 6.38. The van der Waals surface area contributed by atoms with E-state index in [0.717, 1.165) is 13.1 Å². The molecule has 170 valence electrons. The van der Waals surface area contributed by atoms with E-state index in [0.29, 0.717) is 52.7 Å². The second kappa shape index (κ2) is 8.37. The molecule has 0 unspecified atom stereocenters. The second-order valence-corrected chi connectivity index (χ2v) is 8.60. The summed E-state index contributed by atoms with van der Waals surface area (Å²) in [4.78, 5) is 31.1. The fourth-order valence-corrected chi connectivity index (χ4v) is 4.45. The van der Waals surface area contributed by atoms with Crippen LogP contribution in [0.4, 0.5) is 4.79 Å². The molecule has 8 heteroatoms. The molecule has 2 aromatic rings. The van der Waals surface area contributed by atoms with Crippen LogP contribution in [0, 0.1) is 0 Å². The van der Waals surface area contributed by atoms with Crippen LogP contribution in [-0.2, 0) is 0 Å². The first kappa shape index (κ1) is 21.2. The highest BCUT2D eigenvalue weighted by atomic mass is 16.5. The minimum atomic E-state index is -0.257. The van der Waals surface area contributed by atoms with Gasteiger partial charge in [0.2, 0.25) is 0 Å². The number of ether oxygens (including phenoxy) is 1. The Bertz CT molecular complexity index is 1330. The quantitative estimate of drug-likeness (QED) is 0.484. The van der Waals surface area contributed by atoms with Crippen molar-refractivity contribution in [2.24, 2.45) is 0 Å². The van der Waals surface area contributed by atoms with Gasteiger partial charge >= 0.3 is 6.03 Å². The third-order valence-electron chi connectivity index (χ3n) is 6.38. The molecule has 0 aromatic heterocycles. The number of fused-ring (bicyclic) bond motifs is 3. The van der Waals surface area contributed by atoms with Crippen LogP contribution >= 0.6 is 0 Å². The summed E-state index contributed by atoms with van der Waals surface area (Å²) in [6, 6.07) is 15.1. The molecule has 1 saturated heterocycles. The van der Waals surface area contributed by atoms with Crippen LogP contribution in [-0.4, -0.2) is 69.5 Å². The minimum Gasteiger partial charge on any atom is -0.497 e. The fourth-order valence-electron chi connectivity index (χ4n) is 4.45. The number of para-hydroxylation sites is 1. The maximum absolute atomic E-state index is 13.6. The third kappa shape index (κ3) is 3.66. The topological polar surface area (TPSA) is 72.6 Å². The van der Waals surface area contributed by atoms with E-state index in [1.807, 2.05) is 53.4 Å². The lowest BCUT2D eigenvalue weighted by Gasteiger charge is -2.37. The van der Waals surface area contributed by atoms with Crippen LogP contribution < -0.4 is 10.3 Å². The van der Waals surface area contributed by atoms with E-state index in [2.05, 4.69) is 23.8 Å². The molecule has 0 atom stereocenters. The van der Waals surface area contributed by atoms with E-state index < -0.39 is 0 Å². The van der Waals surface area contributed by atoms with E-state index in [-0.39, 0.29) is 11.6 Å². The molecular weight excluding hydrogens is 418 g/mol. The smallest absolute Gasteiger partial charge is 0.328 e. The molecular formula is C25H27N5O3. The summed E-state index contributed by atoms with van der Waals surface area (Å²) >= 11 is 0. The maximum Gasteiger partial charge on any atom is 0.328 e. The van der Waals surface area contributed by atoms with Crippen LogP contribution in [0.15, 0.2) is 59.5 Å². The summed E-state index contributed by atoms with van der Waals surface area (Å²) in [6.07, 6.45) is 1.63. The molecule has 3 aliphatic heterocycles. The van der Waals surface area contributed by atoms with Crippen molar-refractivity contribution in [2.45, 2.75) is 19.9 Å². The molecule has 3 heterocycles. The number of carbonyl (C=O) groups is 1. The predicted molar refractivity (Wildman–Crippen MR) is 128 cm³/mol. The molecule has 8 nitrogen and oxygen atoms in total. The van der Waals surface area contributed by atoms with Crippen LogP contribution in [0.5, 0.6) is 5.75 Å². The molecule has 0 saturated carbocycles. The number of pyridine rings is 1. The van der Waals surface area contributed by atoms with Crippen LogP contribution in [0.3, 0.4) is 0 Å². The van der Waals surface area contributed by atoms with Crippen molar-refractivity contribution in [3.8, 4) is 22.7 Å². The Morgan fingerprint density at radius 2 is 1.76 bits per heavy atom. The van der Waals surface area contributed by atoms with Gasteiger partial charge in [-0.25, -0.2) is 4.79 Å². The molecule has 3 aliphatic rings. The Morgan fingerprint density at radius 3 is 2.42 bits per heavy atom. The molecule has 2 aromatic carbocycles. The summed E-state index contributed by atoms with van der Waals surface area (Å²) in [5.41, 5.74) is 2.06. The molecule has 5 rings (SSSR count). The van der Waals surface area contributed by atoms with Gasteiger partial charge in [0, 0.05) is 43.8 Å². The van der Waals surface area contributed by atoms with Crippen molar-refractivity contribution < 1.29 is 9.53 Å². The zero-order valence-electron chi connectivity index (χ0n) is 19.1. The fraction of sp³-hybridized carbons (Fsp3) is 0.320. The first-order chi connectivity index (χ1) is 16.0. The van der Waals surface area contributed by atoms with Gasteiger partial charge in [0.05, 0.1) is 23.9 Å². The number of amides is 1. The lowest BCUT2D eigenvalue weighted by molar-refractivity contribution is 0.120. The van der Waals surface area contributed by atoms with E-state index in [4.69, 9.17) is 4.74 Å². The van der Waals surface area contributed by atoms with Crippen LogP contribution in [0.2, 0.25) is 0 Å². The molecule has 1 fully saturated rings. The molecule has 1 amide bonds. The molecule has 33 heavy (non-hydrogen) atoms. The highest BCUT2D eigenvalue weighted by Gasteiger charge is 2.27. The second-order valence-electron chi connectivity index (χ2n) is 8.60. The van der Waals surface area contributed by atoms with E-state index in [9.17, 15) is 9.59 Å². The maximum atomic E-state index is 13.6. The van der Waals surface area contributed by atoms with Crippen LogP contribution in [0.25, 0.3) is 27.8 Å². The number of piperazine rings is 1. The summed E-state index contributed by atoms with van der Waals surface area (Å²) in [6.45, 7) is 7.29. The zero-order valence-corrected chi connectivity index (χ0v) is 19.1. The lowest BCUT2D eigenvalue weighted by Crippen LogP contribution is -2.51. The van der Waals surface area contributed by atoms with Crippen molar-refractivity contribution >= 4 is 16.9 Å². The molecule has 0 N–H and O–H groups in total. The Morgan fingerprint density at radius 1 is 1.03 bits per heavy atom. The highest BCUT2D eigenvalue weighted by molar-refractivity contribution is 6.00.